The first-order valence-corrected chi connectivity index (χ1v) is 7.02. The summed E-state index contributed by atoms with van der Waals surface area (Å²) in [4.78, 5) is 8.83. The van der Waals surface area contributed by atoms with Crippen molar-refractivity contribution >= 4 is 5.82 Å². The van der Waals surface area contributed by atoms with E-state index in [0.717, 1.165) is 42.2 Å². The normalized spacial score (nSPS) is 10.3. The van der Waals surface area contributed by atoms with Gasteiger partial charge in [-0.25, -0.2) is 9.97 Å². The van der Waals surface area contributed by atoms with Crippen LogP contribution < -0.4 is 10.1 Å². The number of hydrogen-bond acceptors (Lipinski definition) is 4. The molecule has 0 unspecified atom stereocenters. The topological polar surface area (TPSA) is 47.0 Å². The van der Waals surface area contributed by atoms with Gasteiger partial charge >= 0.3 is 0 Å². The van der Waals surface area contributed by atoms with Gasteiger partial charge in [-0.15, -0.1) is 0 Å². The Balaban J connectivity index is 2.45. The molecule has 0 bridgehead atoms. The second kappa shape index (κ2) is 6.89. The predicted molar refractivity (Wildman–Crippen MR) is 82.2 cm³/mol. The van der Waals surface area contributed by atoms with Crippen molar-refractivity contribution in [2.45, 2.75) is 26.7 Å². The maximum Gasteiger partial charge on any atom is 0.133 e. The lowest BCUT2D eigenvalue weighted by molar-refractivity contribution is 0.415. The fourth-order valence-corrected chi connectivity index (χ4v) is 2.22. The van der Waals surface area contributed by atoms with Gasteiger partial charge in [-0.1, -0.05) is 13.3 Å². The summed E-state index contributed by atoms with van der Waals surface area (Å²) in [6, 6.07) is 7.99. The Morgan fingerprint density at radius 3 is 2.45 bits per heavy atom. The van der Waals surface area contributed by atoms with Gasteiger partial charge in [-0.2, -0.15) is 0 Å². The minimum absolute atomic E-state index is 0.853. The van der Waals surface area contributed by atoms with Gasteiger partial charge in [0.1, 0.15) is 17.9 Å². The van der Waals surface area contributed by atoms with E-state index in [9.17, 15) is 0 Å². The van der Waals surface area contributed by atoms with E-state index in [-0.39, 0.29) is 0 Å². The summed E-state index contributed by atoms with van der Waals surface area (Å²) >= 11 is 0. The molecule has 1 heterocycles. The Labute approximate surface area is 120 Å². The first-order valence-electron chi connectivity index (χ1n) is 7.02. The minimum Gasteiger partial charge on any atom is -0.497 e. The first-order chi connectivity index (χ1) is 9.80. The number of methoxy groups -OCH3 is 1. The number of rotatable bonds is 6. The molecule has 20 heavy (non-hydrogen) atoms. The van der Waals surface area contributed by atoms with Crippen LogP contribution >= 0.6 is 0 Å². The molecule has 0 fully saturated rings. The van der Waals surface area contributed by atoms with Crippen LogP contribution in [-0.2, 0) is 6.42 Å². The van der Waals surface area contributed by atoms with Gasteiger partial charge in [-0.05, 0) is 37.6 Å². The highest BCUT2D eigenvalue weighted by atomic mass is 16.5. The van der Waals surface area contributed by atoms with Gasteiger partial charge in [0, 0.05) is 17.7 Å². The summed E-state index contributed by atoms with van der Waals surface area (Å²) in [7, 11) is 1.67. The number of nitrogens with one attached hydrogen (secondary N) is 1. The molecule has 4 nitrogen and oxygen atoms in total. The van der Waals surface area contributed by atoms with Crippen LogP contribution in [0.15, 0.2) is 30.6 Å². The third-order valence-electron chi connectivity index (χ3n) is 3.15. The van der Waals surface area contributed by atoms with Crippen molar-refractivity contribution in [3.8, 4) is 17.0 Å². The molecule has 0 atom stereocenters. The zero-order chi connectivity index (χ0) is 14.4. The smallest absolute Gasteiger partial charge is 0.133 e. The first kappa shape index (κ1) is 14.3. The molecule has 4 heteroatoms. The van der Waals surface area contributed by atoms with Crippen LogP contribution in [0.2, 0.25) is 0 Å². The predicted octanol–water partition coefficient (Wildman–Crippen LogP) is 3.54. The lowest BCUT2D eigenvalue weighted by Crippen LogP contribution is -2.06. The van der Waals surface area contributed by atoms with Crippen molar-refractivity contribution < 1.29 is 4.74 Å². The number of hydrogen-bond donors (Lipinski definition) is 1. The molecule has 2 rings (SSSR count). The lowest BCUT2D eigenvalue weighted by atomic mass is 10.0. The molecule has 0 saturated carbocycles. The van der Waals surface area contributed by atoms with E-state index in [1.165, 1.54) is 5.56 Å². The highest BCUT2D eigenvalue weighted by Crippen LogP contribution is 2.28. The van der Waals surface area contributed by atoms with Gasteiger partial charge in [0.15, 0.2) is 0 Å². The average Bonchev–Trinajstić information content (AvgIpc) is 2.49. The van der Waals surface area contributed by atoms with E-state index in [2.05, 4.69) is 29.1 Å². The van der Waals surface area contributed by atoms with Crippen molar-refractivity contribution in [3.05, 3.63) is 36.2 Å². The van der Waals surface area contributed by atoms with Crippen LogP contribution in [0.25, 0.3) is 11.3 Å². The summed E-state index contributed by atoms with van der Waals surface area (Å²) in [5, 5.41) is 3.32. The van der Waals surface area contributed by atoms with Crippen LogP contribution in [0.4, 0.5) is 5.82 Å². The quantitative estimate of drug-likeness (QED) is 0.873. The summed E-state index contributed by atoms with van der Waals surface area (Å²) in [6.45, 7) is 5.10. The number of benzene rings is 1. The number of ether oxygens (including phenoxy) is 1. The van der Waals surface area contributed by atoms with E-state index in [1.54, 1.807) is 13.4 Å². The van der Waals surface area contributed by atoms with Crippen molar-refractivity contribution in [2.24, 2.45) is 0 Å². The molecule has 0 saturated heterocycles. The van der Waals surface area contributed by atoms with Crippen LogP contribution in [0.5, 0.6) is 5.75 Å². The SMILES string of the molecule is CCCc1c(NCC)ncnc1-c1ccc(OC)cc1. The van der Waals surface area contributed by atoms with Gasteiger partial charge in [0.05, 0.1) is 12.8 Å². The number of aromatic nitrogens is 2. The maximum atomic E-state index is 5.20. The molecule has 106 valence electrons. The molecular weight excluding hydrogens is 250 g/mol. The standard InChI is InChI=1S/C16H21N3O/c1-4-6-14-15(18-11-19-16(14)17-5-2)12-7-9-13(20-3)10-8-12/h7-11H,4-6H2,1-3H3,(H,17,18,19). The molecule has 1 aromatic carbocycles. The molecule has 1 aromatic heterocycles. The van der Waals surface area contributed by atoms with E-state index in [1.807, 2.05) is 24.3 Å². The van der Waals surface area contributed by atoms with E-state index in [0.29, 0.717) is 0 Å². The third-order valence-corrected chi connectivity index (χ3v) is 3.15. The van der Waals surface area contributed by atoms with Gasteiger partial charge in [0.2, 0.25) is 0 Å². The third kappa shape index (κ3) is 3.07. The van der Waals surface area contributed by atoms with Crippen molar-refractivity contribution in [3.63, 3.8) is 0 Å². The van der Waals surface area contributed by atoms with Gasteiger partial charge in [-0.3, -0.25) is 0 Å². The zero-order valence-corrected chi connectivity index (χ0v) is 12.3. The van der Waals surface area contributed by atoms with Crippen LogP contribution in [0.1, 0.15) is 25.8 Å². The maximum absolute atomic E-state index is 5.20. The monoisotopic (exact) mass is 271 g/mol. The fourth-order valence-electron chi connectivity index (χ4n) is 2.22. The molecular formula is C16H21N3O. The fraction of sp³-hybridized carbons (Fsp3) is 0.375. The Morgan fingerprint density at radius 2 is 1.85 bits per heavy atom. The van der Waals surface area contributed by atoms with E-state index in [4.69, 9.17) is 4.74 Å². The molecule has 0 aliphatic heterocycles. The van der Waals surface area contributed by atoms with Crippen LogP contribution in [0, 0.1) is 0 Å². The Bertz CT molecular complexity index is 552. The van der Waals surface area contributed by atoms with Gasteiger partial charge < -0.3 is 10.1 Å². The zero-order valence-electron chi connectivity index (χ0n) is 12.3. The van der Waals surface area contributed by atoms with Crippen molar-refractivity contribution in [1.29, 1.82) is 0 Å². The molecule has 0 aliphatic rings. The number of nitrogens with zero attached hydrogens (tertiary/aromatic N) is 2. The molecule has 0 spiro atoms. The molecule has 0 radical (unpaired) electrons. The summed E-state index contributed by atoms with van der Waals surface area (Å²) in [5.74, 6) is 1.79. The highest BCUT2D eigenvalue weighted by Gasteiger charge is 2.12. The summed E-state index contributed by atoms with van der Waals surface area (Å²) in [6.07, 6.45) is 3.65. The average molecular weight is 271 g/mol. The molecule has 0 aliphatic carbocycles. The van der Waals surface area contributed by atoms with Crippen LogP contribution in [0.3, 0.4) is 0 Å². The summed E-state index contributed by atoms with van der Waals surface area (Å²) in [5.41, 5.74) is 3.28. The Morgan fingerprint density at radius 1 is 1.10 bits per heavy atom. The Hall–Kier alpha value is -2.10. The van der Waals surface area contributed by atoms with Crippen molar-refractivity contribution in [2.75, 3.05) is 19.0 Å². The second-order valence-corrected chi connectivity index (χ2v) is 4.56. The minimum atomic E-state index is 0.853. The Kier molecular flexibility index (Phi) is 4.93. The van der Waals surface area contributed by atoms with E-state index < -0.39 is 0 Å². The largest absolute Gasteiger partial charge is 0.497 e. The second-order valence-electron chi connectivity index (χ2n) is 4.56. The molecule has 2 aromatic rings. The van der Waals surface area contributed by atoms with E-state index >= 15 is 0 Å². The van der Waals surface area contributed by atoms with Crippen molar-refractivity contribution in [1.82, 2.24) is 9.97 Å². The highest BCUT2D eigenvalue weighted by molar-refractivity contribution is 5.68. The van der Waals surface area contributed by atoms with Crippen LogP contribution in [-0.4, -0.2) is 23.6 Å². The van der Waals surface area contributed by atoms with Gasteiger partial charge in [0.25, 0.3) is 0 Å². The molecule has 1 N–H and O–H groups in total. The number of anilines is 1. The summed E-state index contributed by atoms with van der Waals surface area (Å²) < 4.78 is 5.20. The molecule has 0 amide bonds. The lowest BCUT2D eigenvalue weighted by Gasteiger charge is -2.13.